The molecular formula is C18H19BrFN. The quantitative estimate of drug-likeness (QED) is 0.653. The molecule has 3 heteroatoms. The second-order valence-electron chi connectivity index (χ2n) is 7.19. The first-order valence-corrected chi connectivity index (χ1v) is 7.96. The van der Waals surface area contributed by atoms with Crippen LogP contribution in [-0.2, 0) is 10.8 Å². The summed E-state index contributed by atoms with van der Waals surface area (Å²) in [6, 6.07) is 7.90. The molecular weight excluding hydrogens is 329 g/mol. The number of hydrogen-bond acceptors (Lipinski definition) is 1. The van der Waals surface area contributed by atoms with E-state index in [9.17, 15) is 4.39 Å². The Balaban J connectivity index is 2.14. The van der Waals surface area contributed by atoms with Gasteiger partial charge in [-0.05, 0) is 50.4 Å². The summed E-state index contributed by atoms with van der Waals surface area (Å²) in [5.41, 5.74) is 4.74. The molecule has 0 fully saturated rings. The molecule has 0 spiro atoms. The highest BCUT2D eigenvalue weighted by Crippen LogP contribution is 2.50. The fraction of sp³-hybridized carbons (Fsp3) is 0.389. The van der Waals surface area contributed by atoms with E-state index in [1.165, 1.54) is 23.4 Å². The topological polar surface area (TPSA) is 12.9 Å². The fourth-order valence-electron chi connectivity index (χ4n) is 3.72. The van der Waals surface area contributed by atoms with Crippen molar-refractivity contribution in [3.8, 4) is 11.3 Å². The largest absolute Gasteiger partial charge is 0.255 e. The zero-order chi connectivity index (χ0) is 15.4. The van der Waals surface area contributed by atoms with E-state index < -0.39 is 0 Å². The van der Waals surface area contributed by atoms with Crippen molar-refractivity contribution >= 4 is 15.9 Å². The van der Waals surface area contributed by atoms with Gasteiger partial charge in [-0.1, -0.05) is 39.8 Å². The van der Waals surface area contributed by atoms with Crippen molar-refractivity contribution in [1.29, 1.82) is 0 Å². The maximum atomic E-state index is 13.7. The standard InChI is InChI=1S/C18H19BrFN/c1-17(2)10-18(3,4)13-7-11(5-6-12(13)17)16-8-15(20)14(19)9-21-16/h5-9H,10H2,1-4H3. The number of fused-ring (bicyclic) bond motifs is 1. The van der Waals surface area contributed by atoms with Crippen LogP contribution in [0.4, 0.5) is 4.39 Å². The van der Waals surface area contributed by atoms with Crippen LogP contribution in [0.15, 0.2) is 34.9 Å². The van der Waals surface area contributed by atoms with Crippen molar-refractivity contribution in [2.45, 2.75) is 44.9 Å². The molecule has 1 nitrogen and oxygen atoms in total. The third-order valence-electron chi connectivity index (χ3n) is 4.47. The molecule has 0 atom stereocenters. The minimum atomic E-state index is -0.278. The van der Waals surface area contributed by atoms with E-state index in [4.69, 9.17) is 0 Å². The Morgan fingerprint density at radius 3 is 2.38 bits per heavy atom. The van der Waals surface area contributed by atoms with Crippen molar-refractivity contribution < 1.29 is 4.39 Å². The summed E-state index contributed by atoms with van der Waals surface area (Å²) in [7, 11) is 0. The molecule has 0 saturated carbocycles. The molecule has 1 aromatic heterocycles. The maximum Gasteiger partial charge on any atom is 0.141 e. The van der Waals surface area contributed by atoms with Gasteiger partial charge in [-0.25, -0.2) is 4.39 Å². The van der Waals surface area contributed by atoms with Crippen molar-refractivity contribution in [2.75, 3.05) is 0 Å². The highest BCUT2D eigenvalue weighted by Gasteiger charge is 2.41. The Bertz CT molecular complexity index is 719. The lowest BCUT2D eigenvalue weighted by Gasteiger charge is -2.22. The van der Waals surface area contributed by atoms with E-state index >= 15 is 0 Å². The van der Waals surface area contributed by atoms with Crippen LogP contribution in [0.1, 0.15) is 45.2 Å². The molecule has 3 rings (SSSR count). The highest BCUT2D eigenvalue weighted by atomic mass is 79.9. The van der Waals surface area contributed by atoms with Crippen LogP contribution < -0.4 is 0 Å². The Morgan fingerprint density at radius 2 is 1.71 bits per heavy atom. The zero-order valence-corrected chi connectivity index (χ0v) is 14.4. The maximum absolute atomic E-state index is 13.7. The summed E-state index contributed by atoms with van der Waals surface area (Å²) in [5.74, 6) is -0.278. The van der Waals surface area contributed by atoms with E-state index in [-0.39, 0.29) is 16.6 Å². The first-order chi connectivity index (χ1) is 9.71. The Labute approximate surface area is 133 Å². The summed E-state index contributed by atoms with van der Waals surface area (Å²) >= 11 is 3.15. The van der Waals surface area contributed by atoms with Crippen molar-refractivity contribution in [3.05, 3.63) is 51.9 Å². The van der Waals surface area contributed by atoms with Gasteiger partial charge in [-0.3, -0.25) is 4.98 Å². The predicted octanol–water partition coefficient (Wildman–Crippen LogP) is 5.61. The minimum Gasteiger partial charge on any atom is -0.255 e. The molecule has 1 aliphatic carbocycles. The minimum absolute atomic E-state index is 0.142. The first-order valence-electron chi connectivity index (χ1n) is 7.17. The van der Waals surface area contributed by atoms with Gasteiger partial charge < -0.3 is 0 Å². The van der Waals surface area contributed by atoms with Gasteiger partial charge in [0, 0.05) is 17.8 Å². The Morgan fingerprint density at radius 1 is 1.05 bits per heavy atom. The summed E-state index contributed by atoms with van der Waals surface area (Å²) < 4.78 is 14.1. The zero-order valence-electron chi connectivity index (χ0n) is 12.8. The molecule has 2 aromatic rings. The lowest BCUT2D eigenvalue weighted by molar-refractivity contribution is 0.403. The average Bonchev–Trinajstić information content (AvgIpc) is 2.58. The molecule has 1 aliphatic rings. The lowest BCUT2D eigenvalue weighted by atomic mass is 9.82. The normalized spacial score (nSPS) is 18.6. The van der Waals surface area contributed by atoms with Crippen LogP contribution in [0.2, 0.25) is 0 Å². The fourth-order valence-corrected chi connectivity index (χ4v) is 3.94. The predicted molar refractivity (Wildman–Crippen MR) is 88.0 cm³/mol. The van der Waals surface area contributed by atoms with E-state index in [1.54, 1.807) is 0 Å². The number of pyridine rings is 1. The number of benzene rings is 1. The molecule has 0 aliphatic heterocycles. The SMILES string of the molecule is CC1(C)CC(C)(C)c2cc(-c3cc(F)c(Br)cn3)ccc21. The first kappa shape index (κ1) is 14.7. The third-order valence-corrected chi connectivity index (χ3v) is 5.05. The molecule has 1 heterocycles. The van der Waals surface area contributed by atoms with E-state index in [2.05, 4.69) is 66.8 Å². The van der Waals surface area contributed by atoms with Gasteiger partial charge in [0.05, 0.1) is 10.2 Å². The van der Waals surface area contributed by atoms with Gasteiger partial charge in [0.15, 0.2) is 0 Å². The molecule has 0 bridgehead atoms. The van der Waals surface area contributed by atoms with Crippen LogP contribution in [0.5, 0.6) is 0 Å². The van der Waals surface area contributed by atoms with Gasteiger partial charge in [0.2, 0.25) is 0 Å². The van der Waals surface area contributed by atoms with Gasteiger partial charge >= 0.3 is 0 Å². The molecule has 1 aromatic carbocycles. The van der Waals surface area contributed by atoms with Crippen LogP contribution in [0, 0.1) is 5.82 Å². The Hall–Kier alpha value is -1.22. The van der Waals surface area contributed by atoms with Gasteiger partial charge in [0.25, 0.3) is 0 Å². The molecule has 0 saturated heterocycles. The van der Waals surface area contributed by atoms with E-state index in [1.807, 2.05) is 0 Å². The number of hydrogen-bond donors (Lipinski definition) is 0. The summed E-state index contributed by atoms with van der Waals surface area (Å²) in [6.07, 6.45) is 2.65. The number of nitrogens with zero attached hydrogens (tertiary/aromatic N) is 1. The van der Waals surface area contributed by atoms with Crippen LogP contribution >= 0.6 is 15.9 Å². The molecule has 110 valence electrons. The second kappa shape index (κ2) is 4.64. The van der Waals surface area contributed by atoms with Gasteiger partial charge in [0.1, 0.15) is 5.82 Å². The molecule has 0 radical (unpaired) electrons. The van der Waals surface area contributed by atoms with Crippen LogP contribution in [0.3, 0.4) is 0 Å². The molecule has 0 N–H and O–H groups in total. The summed E-state index contributed by atoms with van der Waals surface area (Å²) in [5, 5.41) is 0. The van der Waals surface area contributed by atoms with Crippen LogP contribution in [0.25, 0.3) is 11.3 Å². The van der Waals surface area contributed by atoms with Crippen molar-refractivity contribution in [1.82, 2.24) is 4.98 Å². The monoisotopic (exact) mass is 347 g/mol. The third kappa shape index (κ3) is 2.42. The van der Waals surface area contributed by atoms with Crippen LogP contribution in [-0.4, -0.2) is 4.98 Å². The second-order valence-corrected chi connectivity index (χ2v) is 8.04. The molecule has 0 unspecified atom stereocenters. The van der Waals surface area contributed by atoms with E-state index in [0.29, 0.717) is 10.2 Å². The summed E-state index contributed by atoms with van der Waals surface area (Å²) in [6.45, 7) is 9.13. The smallest absolute Gasteiger partial charge is 0.141 e. The van der Waals surface area contributed by atoms with Gasteiger partial charge in [-0.15, -0.1) is 0 Å². The Kier molecular flexibility index (Phi) is 3.25. The summed E-state index contributed by atoms with van der Waals surface area (Å²) in [4.78, 5) is 4.33. The average molecular weight is 348 g/mol. The van der Waals surface area contributed by atoms with E-state index in [0.717, 1.165) is 12.0 Å². The number of halogens is 2. The molecule has 21 heavy (non-hydrogen) atoms. The van der Waals surface area contributed by atoms with Gasteiger partial charge in [-0.2, -0.15) is 0 Å². The van der Waals surface area contributed by atoms with Crippen molar-refractivity contribution in [2.24, 2.45) is 0 Å². The highest BCUT2D eigenvalue weighted by molar-refractivity contribution is 9.10. The lowest BCUT2D eigenvalue weighted by Crippen LogP contribution is -2.17. The molecule has 0 amide bonds. The number of aromatic nitrogens is 1. The number of rotatable bonds is 1. The van der Waals surface area contributed by atoms with Crippen molar-refractivity contribution in [3.63, 3.8) is 0 Å².